The SMILES string of the molecule is CC(Nc1nc(Br)cs1)c1ncn[nH]1. The second-order valence-electron chi connectivity index (χ2n) is 2.71. The lowest BCUT2D eigenvalue weighted by molar-refractivity contribution is 0.794. The Labute approximate surface area is 93.1 Å². The zero-order valence-corrected chi connectivity index (χ0v) is 9.76. The molecule has 5 nitrogen and oxygen atoms in total. The molecular weight excluding hydrogens is 266 g/mol. The van der Waals surface area contributed by atoms with Gasteiger partial charge in [-0.15, -0.1) is 11.3 Å². The Morgan fingerprint density at radius 2 is 2.50 bits per heavy atom. The molecule has 2 aromatic heterocycles. The van der Waals surface area contributed by atoms with Crippen LogP contribution in [0.15, 0.2) is 16.3 Å². The maximum absolute atomic E-state index is 4.22. The first kappa shape index (κ1) is 9.60. The molecule has 0 aliphatic rings. The van der Waals surface area contributed by atoms with E-state index in [1.54, 1.807) is 11.3 Å². The number of rotatable bonds is 3. The highest BCUT2D eigenvalue weighted by Gasteiger charge is 2.09. The normalized spacial score (nSPS) is 12.7. The Hall–Kier alpha value is -0.950. The summed E-state index contributed by atoms with van der Waals surface area (Å²) in [6.45, 7) is 2.00. The summed E-state index contributed by atoms with van der Waals surface area (Å²) in [6.07, 6.45) is 1.49. The Balaban J connectivity index is 2.05. The van der Waals surface area contributed by atoms with Gasteiger partial charge in [0.25, 0.3) is 0 Å². The van der Waals surface area contributed by atoms with E-state index in [2.05, 4.69) is 41.4 Å². The lowest BCUT2D eigenvalue weighted by atomic mass is 10.3. The maximum Gasteiger partial charge on any atom is 0.184 e. The van der Waals surface area contributed by atoms with Gasteiger partial charge in [-0.1, -0.05) is 0 Å². The van der Waals surface area contributed by atoms with Crippen LogP contribution in [0.25, 0.3) is 0 Å². The van der Waals surface area contributed by atoms with Crippen molar-refractivity contribution in [1.29, 1.82) is 0 Å². The molecule has 2 aromatic rings. The number of H-pyrrole nitrogens is 1. The van der Waals surface area contributed by atoms with Crippen molar-refractivity contribution in [2.24, 2.45) is 0 Å². The Bertz CT molecular complexity index is 398. The summed E-state index contributed by atoms with van der Waals surface area (Å²) in [5.41, 5.74) is 0. The summed E-state index contributed by atoms with van der Waals surface area (Å²) < 4.78 is 0.842. The van der Waals surface area contributed by atoms with Gasteiger partial charge in [0.15, 0.2) is 5.13 Å². The summed E-state index contributed by atoms with van der Waals surface area (Å²) in [7, 11) is 0. The zero-order valence-electron chi connectivity index (χ0n) is 7.36. The summed E-state index contributed by atoms with van der Waals surface area (Å²) in [6, 6.07) is 0.0792. The Morgan fingerprint density at radius 3 is 3.07 bits per heavy atom. The number of hydrogen-bond donors (Lipinski definition) is 2. The molecule has 1 atom stereocenters. The van der Waals surface area contributed by atoms with Gasteiger partial charge in [-0.25, -0.2) is 9.97 Å². The Kier molecular flexibility index (Phi) is 2.78. The first-order chi connectivity index (χ1) is 6.75. The molecule has 0 bridgehead atoms. The number of halogens is 1. The molecule has 0 spiro atoms. The van der Waals surface area contributed by atoms with Crippen LogP contribution in [0.3, 0.4) is 0 Å². The zero-order chi connectivity index (χ0) is 9.97. The monoisotopic (exact) mass is 273 g/mol. The van der Waals surface area contributed by atoms with Crippen LogP contribution in [0.4, 0.5) is 5.13 Å². The largest absolute Gasteiger partial charge is 0.352 e. The fourth-order valence-corrected chi connectivity index (χ4v) is 2.23. The standard InChI is InChI=1S/C7H8BrN5S/c1-4(6-9-3-10-13-6)11-7-12-5(8)2-14-7/h2-4H,1H3,(H,11,12)(H,9,10,13). The fraction of sp³-hybridized carbons (Fsp3) is 0.286. The summed E-state index contributed by atoms with van der Waals surface area (Å²) >= 11 is 4.84. The second-order valence-corrected chi connectivity index (χ2v) is 4.38. The number of hydrogen-bond acceptors (Lipinski definition) is 5. The van der Waals surface area contributed by atoms with Crippen LogP contribution >= 0.6 is 27.3 Å². The van der Waals surface area contributed by atoms with E-state index in [9.17, 15) is 0 Å². The fourth-order valence-electron chi connectivity index (χ4n) is 0.998. The molecule has 14 heavy (non-hydrogen) atoms. The quantitative estimate of drug-likeness (QED) is 0.900. The van der Waals surface area contributed by atoms with Gasteiger partial charge in [0, 0.05) is 5.38 Å². The molecule has 2 rings (SSSR count). The molecule has 2 N–H and O–H groups in total. The highest BCUT2D eigenvalue weighted by molar-refractivity contribution is 9.10. The van der Waals surface area contributed by atoms with Crippen molar-refractivity contribution in [2.75, 3.05) is 5.32 Å². The number of thiazole rings is 1. The van der Waals surface area contributed by atoms with Crippen LogP contribution < -0.4 is 5.32 Å². The van der Waals surface area contributed by atoms with E-state index in [4.69, 9.17) is 0 Å². The molecule has 0 aliphatic carbocycles. The minimum atomic E-state index is 0.0792. The van der Waals surface area contributed by atoms with Crippen LogP contribution in [0.2, 0.25) is 0 Å². The molecule has 2 heterocycles. The molecule has 0 fully saturated rings. The van der Waals surface area contributed by atoms with Crippen molar-refractivity contribution in [3.05, 3.63) is 22.1 Å². The van der Waals surface area contributed by atoms with Crippen molar-refractivity contribution >= 4 is 32.4 Å². The second kappa shape index (κ2) is 4.05. The number of nitrogens with one attached hydrogen (secondary N) is 2. The third kappa shape index (κ3) is 2.10. The van der Waals surface area contributed by atoms with E-state index in [0.717, 1.165) is 15.6 Å². The van der Waals surface area contributed by atoms with Gasteiger partial charge in [0.1, 0.15) is 16.8 Å². The molecule has 0 saturated heterocycles. The smallest absolute Gasteiger partial charge is 0.184 e. The van der Waals surface area contributed by atoms with E-state index in [0.29, 0.717) is 0 Å². The average molecular weight is 274 g/mol. The average Bonchev–Trinajstić information content (AvgIpc) is 2.75. The van der Waals surface area contributed by atoms with E-state index in [1.165, 1.54) is 6.33 Å². The minimum Gasteiger partial charge on any atom is -0.352 e. The minimum absolute atomic E-state index is 0.0792. The van der Waals surface area contributed by atoms with Crippen molar-refractivity contribution in [3.63, 3.8) is 0 Å². The number of aromatic amines is 1. The molecule has 1 unspecified atom stereocenters. The predicted molar refractivity (Wildman–Crippen MR) is 58.2 cm³/mol. The van der Waals surface area contributed by atoms with Crippen molar-refractivity contribution in [1.82, 2.24) is 20.2 Å². The van der Waals surface area contributed by atoms with Gasteiger partial charge in [-0.05, 0) is 22.9 Å². The number of anilines is 1. The topological polar surface area (TPSA) is 66.5 Å². The van der Waals surface area contributed by atoms with Crippen LogP contribution in [0.1, 0.15) is 18.8 Å². The summed E-state index contributed by atoms with van der Waals surface area (Å²) in [5.74, 6) is 0.802. The van der Waals surface area contributed by atoms with E-state index in [-0.39, 0.29) is 6.04 Å². The first-order valence-corrected chi connectivity index (χ1v) is 5.66. The lowest BCUT2D eigenvalue weighted by Gasteiger charge is -2.08. The van der Waals surface area contributed by atoms with Crippen LogP contribution in [0.5, 0.6) is 0 Å². The Morgan fingerprint density at radius 1 is 1.64 bits per heavy atom. The van der Waals surface area contributed by atoms with Crippen molar-refractivity contribution < 1.29 is 0 Å². The summed E-state index contributed by atoms with van der Waals surface area (Å²) in [4.78, 5) is 8.28. The van der Waals surface area contributed by atoms with Gasteiger partial charge >= 0.3 is 0 Å². The highest BCUT2D eigenvalue weighted by Crippen LogP contribution is 2.22. The third-order valence-electron chi connectivity index (χ3n) is 1.66. The van der Waals surface area contributed by atoms with Gasteiger partial charge < -0.3 is 5.32 Å². The first-order valence-electron chi connectivity index (χ1n) is 3.98. The number of nitrogens with zero attached hydrogens (tertiary/aromatic N) is 3. The van der Waals surface area contributed by atoms with Crippen LogP contribution in [0, 0.1) is 0 Å². The molecule has 0 aliphatic heterocycles. The summed E-state index contributed by atoms with van der Waals surface area (Å²) in [5, 5.41) is 12.6. The van der Waals surface area contributed by atoms with Gasteiger partial charge in [-0.3, -0.25) is 5.10 Å². The molecular formula is C7H8BrN5S. The molecule has 0 saturated carbocycles. The molecule has 0 aromatic carbocycles. The molecule has 7 heteroatoms. The van der Waals surface area contributed by atoms with Crippen molar-refractivity contribution in [3.8, 4) is 0 Å². The third-order valence-corrected chi connectivity index (χ3v) is 3.14. The number of aromatic nitrogens is 4. The molecule has 0 amide bonds. The van der Waals surface area contributed by atoms with Gasteiger partial charge in [-0.2, -0.15) is 5.10 Å². The van der Waals surface area contributed by atoms with E-state index in [1.807, 2.05) is 12.3 Å². The molecule has 0 radical (unpaired) electrons. The van der Waals surface area contributed by atoms with Crippen molar-refractivity contribution in [2.45, 2.75) is 13.0 Å². The van der Waals surface area contributed by atoms with Gasteiger partial charge in [0.2, 0.25) is 0 Å². The van der Waals surface area contributed by atoms with Crippen LogP contribution in [-0.4, -0.2) is 20.2 Å². The highest BCUT2D eigenvalue weighted by atomic mass is 79.9. The molecule has 74 valence electrons. The maximum atomic E-state index is 4.22. The van der Waals surface area contributed by atoms with E-state index >= 15 is 0 Å². The van der Waals surface area contributed by atoms with Crippen LogP contribution in [-0.2, 0) is 0 Å². The lowest BCUT2D eigenvalue weighted by Crippen LogP contribution is -2.08. The van der Waals surface area contributed by atoms with Gasteiger partial charge in [0.05, 0.1) is 6.04 Å². The predicted octanol–water partition coefficient (Wildman–Crippen LogP) is 2.20. The van der Waals surface area contributed by atoms with E-state index < -0.39 is 0 Å².